The molecule has 1 heterocycles. The number of unbranched alkanes of at least 4 members (excludes halogenated alkanes) is 1. The molecule has 150 valence electrons. The number of rotatable bonds is 8. The fraction of sp³-hybridized carbons (Fsp3) is 0.857. The molecule has 0 bridgehead atoms. The molecule has 1 fully saturated rings. The summed E-state index contributed by atoms with van der Waals surface area (Å²) < 4.78 is 0. The van der Waals surface area contributed by atoms with Crippen molar-refractivity contribution in [3.05, 3.63) is 0 Å². The molecular weight excluding hydrogens is 328 g/mol. The molecule has 5 nitrogen and oxygen atoms in total. The van der Waals surface area contributed by atoms with Crippen molar-refractivity contribution in [1.82, 2.24) is 9.80 Å². The third-order valence-electron chi connectivity index (χ3n) is 5.15. The first-order chi connectivity index (χ1) is 12.0. The molecule has 0 saturated carbocycles. The molecular formula is C21H38N2O3. The summed E-state index contributed by atoms with van der Waals surface area (Å²) in [5.41, 5.74) is -0.500. The lowest BCUT2D eigenvalue weighted by atomic mass is 9.83. The van der Waals surface area contributed by atoms with Gasteiger partial charge in [-0.2, -0.15) is 0 Å². The van der Waals surface area contributed by atoms with Crippen LogP contribution in [0.1, 0.15) is 80.1 Å². The molecule has 26 heavy (non-hydrogen) atoms. The minimum absolute atomic E-state index is 0.0682. The summed E-state index contributed by atoms with van der Waals surface area (Å²) in [6.07, 6.45) is 4.51. The Hall–Kier alpha value is -1.39. The van der Waals surface area contributed by atoms with Crippen molar-refractivity contribution in [3.63, 3.8) is 0 Å². The van der Waals surface area contributed by atoms with Crippen LogP contribution in [0.3, 0.4) is 0 Å². The average molecular weight is 367 g/mol. The Bertz CT molecular complexity index is 508. The highest BCUT2D eigenvalue weighted by atomic mass is 16.2. The van der Waals surface area contributed by atoms with E-state index in [2.05, 4.69) is 20.8 Å². The molecule has 0 radical (unpaired) electrons. The number of carbonyl (C=O) groups is 3. The molecule has 2 atom stereocenters. The third-order valence-corrected chi connectivity index (χ3v) is 5.15. The minimum atomic E-state index is -0.500. The molecule has 0 aromatic rings. The second-order valence-corrected chi connectivity index (χ2v) is 9.06. The van der Waals surface area contributed by atoms with Crippen molar-refractivity contribution in [2.75, 3.05) is 13.6 Å². The maximum Gasteiger partial charge on any atom is 0.245 e. The Morgan fingerprint density at radius 2 is 1.81 bits per heavy atom. The Balaban J connectivity index is 2.96. The minimum Gasteiger partial charge on any atom is -0.334 e. The highest BCUT2D eigenvalue weighted by molar-refractivity contribution is 5.95. The molecule has 0 aromatic heterocycles. The van der Waals surface area contributed by atoms with E-state index in [1.54, 1.807) is 16.8 Å². The quantitative estimate of drug-likeness (QED) is 0.659. The summed E-state index contributed by atoms with van der Waals surface area (Å²) in [5.74, 6) is 0.380. The van der Waals surface area contributed by atoms with E-state index in [4.69, 9.17) is 0 Å². The molecule has 1 aliphatic rings. The van der Waals surface area contributed by atoms with Crippen LogP contribution in [0.5, 0.6) is 0 Å². The van der Waals surface area contributed by atoms with E-state index in [9.17, 15) is 14.4 Å². The highest BCUT2D eigenvalue weighted by Gasteiger charge is 2.40. The Kier molecular flexibility index (Phi) is 8.29. The SMILES string of the molecule is CCCCC(=O)N1CCC[C@H]1C(=O)N(C)[C@H](CC(C)C)C(=O)C(C)(C)C. The zero-order valence-electron chi connectivity index (χ0n) is 17.8. The Labute approximate surface area is 159 Å². The maximum atomic E-state index is 13.2. The smallest absolute Gasteiger partial charge is 0.245 e. The molecule has 0 unspecified atom stereocenters. The first-order valence-corrected chi connectivity index (χ1v) is 10.1. The normalized spacial score (nSPS) is 18.9. The molecule has 0 aliphatic carbocycles. The summed E-state index contributed by atoms with van der Waals surface area (Å²) in [5, 5.41) is 0. The van der Waals surface area contributed by atoms with E-state index < -0.39 is 17.5 Å². The fourth-order valence-corrected chi connectivity index (χ4v) is 3.57. The van der Waals surface area contributed by atoms with E-state index in [0.29, 0.717) is 31.7 Å². The number of hydrogen-bond donors (Lipinski definition) is 0. The van der Waals surface area contributed by atoms with E-state index in [0.717, 1.165) is 19.3 Å². The molecule has 1 saturated heterocycles. The molecule has 1 aliphatic heterocycles. The second-order valence-electron chi connectivity index (χ2n) is 9.06. The molecule has 0 N–H and O–H groups in total. The first-order valence-electron chi connectivity index (χ1n) is 10.1. The van der Waals surface area contributed by atoms with Gasteiger partial charge in [-0.15, -0.1) is 0 Å². The van der Waals surface area contributed by atoms with Crippen molar-refractivity contribution in [3.8, 4) is 0 Å². The zero-order valence-corrected chi connectivity index (χ0v) is 17.8. The number of likely N-dealkylation sites (N-methyl/N-ethyl adjacent to an activating group) is 1. The number of nitrogens with zero attached hydrogens (tertiary/aromatic N) is 2. The van der Waals surface area contributed by atoms with Gasteiger partial charge in [0.15, 0.2) is 5.78 Å². The summed E-state index contributed by atoms with van der Waals surface area (Å²) in [4.78, 5) is 41.9. The van der Waals surface area contributed by atoms with Crippen LogP contribution in [0.25, 0.3) is 0 Å². The van der Waals surface area contributed by atoms with Gasteiger partial charge in [-0.25, -0.2) is 0 Å². The van der Waals surface area contributed by atoms with Gasteiger partial charge in [-0.05, 0) is 31.6 Å². The Morgan fingerprint density at radius 3 is 2.31 bits per heavy atom. The summed E-state index contributed by atoms with van der Waals surface area (Å²) in [6, 6.07) is -0.845. The number of carbonyl (C=O) groups excluding carboxylic acids is 3. The lowest BCUT2D eigenvalue weighted by Gasteiger charge is -2.36. The van der Waals surface area contributed by atoms with Crippen LogP contribution in [0.4, 0.5) is 0 Å². The lowest BCUT2D eigenvalue weighted by Crippen LogP contribution is -2.53. The number of ketones is 1. The van der Waals surface area contributed by atoms with E-state index in [-0.39, 0.29) is 17.6 Å². The molecule has 0 aromatic carbocycles. The molecule has 2 amide bonds. The maximum absolute atomic E-state index is 13.2. The van der Waals surface area contributed by atoms with Gasteiger partial charge < -0.3 is 9.80 Å². The van der Waals surface area contributed by atoms with Crippen LogP contribution < -0.4 is 0 Å². The van der Waals surface area contributed by atoms with Gasteiger partial charge >= 0.3 is 0 Å². The summed E-state index contributed by atoms with van der Waals surface area (Å²) in [7, 11) is 1.73. The number of Topliss-reactive ketones (excluding diaryl/α,β-unsaturated/α-hetero) is 1. The van der Waals surface area contributed by atoms with Crippen LogP contribution in [-0.2, 0) is 14.4 Å². The zero-order chi connectivity index (χ0) is 20.1. The summed E-state index contributed by atoms with van der Waals surface area (Å²) in [6.45, 7) is 12.5. The van der Waals surface area contributed by atoms with Crippen LogP contribution >= 0.6 is 0 Å². The van der Waals surface area contributed by atoms with Gasteiger partial charge in [-0.3, -0.25) is 14.4 Å². The van der Waals surface area contributed by atoms with Crippen molar-refractivity contribution < 1.29 is 14.4 Å². The number of amides is 2. The largest absolute Gasteiger partial charge is 0.334 e. The molecule has 0 spiro atoms. The van der Waals surface area contributed by atoms with Crippen LogP contribution in [0, 0.1) is 11.3 Å². The van der Waals surface area contributed by atoms with Gasteiger partial charge in [0.25, 0.3) is 0 Å². The third kappa shape index (κ3) is 5.82. The summed E-state index contributed by atoms with van der Waals surface area (Å²) >= 11 is 0. The van der Waals surface area contributed by atoms with Gasteiger partial charge in [0.2, 0.25) is 11.8 Å². The van der Waals surface area contributed by atoms with Crippen molar-refractivity contribution in [2.24, 2.45) is 11.3 Å². The van der Waals surface area contributed by atoms with E-state index >= 15 is 0 Å². The second kappa shape index (κ2) is 9.52. The monoisotopic (exact) mass is 366 g/mol. The first kappa shape index (κ1) is 22.7. The van der Waals surface area contributed by atoms with E-state index in [1.165, 1.54) is 0 Å². The predicted molar refractivity (Wildman–Crippen MR) is 105 cm³/mol. The Morgan fingerprint density at radius 1 is 1.19 bits per heavy atom. The van der Waals surface area contributed by atoms with Crippen molar-refractivity contribution >= 4 is 17.6 Å². The van der Waals surface area contributed by atoms with Gasteiger partial charge in [0.1, 0.15) is 6.04 Å². The van der Waals surface area contributed by atoms with Gasteiger partial charge in [0, 0.05) is 25.4 Å². The van der Waals surface area contributed by atoms with Crippen LogP contribution in [-0.4, -0.2) is 53.1 Å². The average Bonchev–Trinajstić information content (AvgIpc) is 3.04. The van der Waals surface area contributed by atoms with Crippen molar-refractivity contribution in [1.29, 1.82) is 0 Å². The lowest BCUT2D eigenvalue weighted by molar-refractivity contribution is -0.148. The molecule has 1 rings (SSSR count). The predicted octanol–water partition coefficient (Wildman–Crippen LogP) is 3.66. The van der Waals surface area contributed by atoms with Crippen LogP contribution in [0.15, 0.2) is 0 Å². The highest BCUT2D eigenvalue weighted by Crippen LogP contribution is 2.26. The standard InChI is InChI=1S/C21H38N2O3/c1-8-9-12-18(24)23-13-10-11-16(23)20(26)22(7)17(14-15(2)3)19(25)21(4,5)6/h15-17H,8-14H2,1-7H3/t16-,17+/m0/s1. The fourth-order valence-electron chi connectivity index (χ4n) is 3.57. The van der Waals surface area contributed by atoms with Crippen LogP contribution in [0.2, 0.25) is 0 Å². The molecule has 5 heteroatoms. The number of likely N-dealkylation sites (tertiary alicyclic amines) is 1. The van der Waals surface area contributed by atoms with Gasteiger partial charge in [-0.1, -0.05) is 48.0 Å². The van der Waals surface area contributed by atoms with E-state index in [1.807, 2.05) is 20.8 Å². The number of hydrogen-bond acceptors (Lipinski definition) is 3. The topological polar surface area (TPSA) is 57.7 Å². The van der Waals surface area contributed by atoms with Crippen molar-refractivity contribution in [2.45, 2.75) is 92.2 Å². The van der Waals surface area contributed by atoms with Gasteiger partial charge in [0.05, 0.1) is 6.04 Å².